The first-order chi connectivity index (χ1) is 17.7. The quantitative estimate of drug-likeness (QED) is 0.342. The molecule has 2 atom stereocenters. The molecule has 0 saturated carbocycles. The lowest BCUT2D eigenvalue weighted by molar-refractivity contribution is 0.0850. The van der Waals surface area contributed by atoms with Gasteiger partial charge in [0, 0.05) is 37.3 Å². The fourth-order valence-corrected chi connectivity index (χ4v) is 4.56. The van der Waals surface area contributed by atoms with Gasteiger partial charge >= 0.3 is 0 Å². The van der Waals surface area contributed by atoms with Gasteiger partial charge in [-0.15, -0.1) is 0 Å². The van der Waals surface area contributed by atoms with E-state index in [4.69, 9.17) is 21.3 Å². The van der Waals surface area contributed by atoms with E-state index in [1.165, 1.54) is 6.42 Å². The van der Waals surface area contributed by atoms with Crippen molar-refractivity contribution in [2.45, 2.75) is 32.5 Å². The second-order valence-corrected chi connectivity index (χ2v) is 10.2. The van der Waals surface area contributed by atoms with E-state index in [1.807, 2.05) is 37.2 Å². The summed E-state index contributed by atoms with van der Waals surface area (Å²) in [6, 6.07) is 7.45. The van der Waals surface area contributed by atoms with Crippen LogP contribution in [-0.4, -0.2) is 78.2 Å². The number of aliphatic hydroxyl groups excluding tert-OH is 1. The number of rotatable bonds is 10. The average molecular weight is 530 g/mol. The maximum absolute atomic E-state index is 13.2. The molecule has 0 bridgehead atoms. The van der Waals surface area contributed by atoms with E-state index in [1.54, 1.807) is 23.9 Å². The number of aliphatic hydroxyl groups is 1. The van der Waals surface area contributed by atoms with Crippen molar-refractivity contribution in [3.63, 3.8) is 0 Å². The van der Waals surface area contributed by atoms with E-state index in [2.05, 4.69) is 27.4 Å². The molecule has 10 nitrogen and oxygen atoms in total. The van der Waals surface area contributed by atoms with Crippen LogP contribution in [0, 0.1) is 5.92 Å². The predicted molar refractivity (Wildman–Crippen MR) is 148 cm³/mol. The molecule has 11 heteroatoms. The Kier molecular flexibility index (Phi) is 8.86. The number of hydrogen-bond donors (Lipinski definition) is 3. The van der Waals surface area contributed by atoms with Crippen molar-refractivity contribution >= 4 is 40.0 Å². The van der Waals surface area contributed by atoms with E-state index >= 15 is 0 Å². The number of nitrogens with one attached hydrogen (secondary N) is 2. The Morgan fingerprint density at radius 2 is 2.14 bits per heavy atom. The molecule has 3 N–H and O–H groups in total. The molecule has 2 aromatic heterocycles. The molecule has 1 unspecified atom stereocenters. The number of benzene rings is 1. The Hall–Kier alpha value is -2.92. The third-order valence-corrected chi connectivity index (χ3v) is 6.77. The molecule has 3 heterocycles. The lowest BCUT2D eigenvalue weighted by Gasteiger charge is -2.31. The number of piperidine rings is 1. The molecule has 1 fully saturated rings. The Labute approximate surface area is 222 Å². The fourth-order valence-electron chi connectivity index (χ4n) is 4.42. The van der Waals surface area contributed by atoms with Crippen LogP contribution in [0.2, 0.25) is 5.02 Å². The van der Waals surface area contributed by atoms with E-state index < -0.39 is 6.23 Å². The van der Waals surface area contributed by atoms with Crippen LogP contribution in [0.4, 0.5) is 17.5 Å². The van der Waals surface area contributed by atoms with Crippen LogP contribution in [0.25, 0.3) is 10.9 Å². The van der Waals surface area contributed by atoms with Gasteiger partial charge in [0.05, 0.1) is 11.7 Å². The van der Waals surface area contributed by atoms with Crippen LogP contribution < -0.4 is 25.8 Å². The molecule has 0 aliphatic carbocycles. The summed E-state index contributed by atoms with van der Waals surface area (Å²) in [4.78, 5) is 26.6. The van der Waals surface area contributed by atoms with Gasteiger partial charge in [-0.25, -0.2) is 4.98 Å². The summed E-state index contributed by atoms with van der Waals surface area (Å²) in [6.07, 6.45) is 3.08. The molecule has 200 valence electrons. The molecule has 3 aromatic rings. The number of aromatic nitrogens is 3. The van der Waals surface area contributed by atoms with E-state index in [0.717, 1.165) is 36.1 Å². The van der Waals surface area contributed by atoms with Crippen molar-refractivity contribution < 1.29 is 9.84 Å². The van der Waals surface area contributed by atoms with E-state index in [-0.39, 0.29) is 17.9 Å². The SMILES string of the molecule is CNC(O)COc1cc2cc(Nc3nc(N4CCC[C@H](C)C4)ncc3Cl)ccc2n(CCN(C)C)c1=O. The number of halogens is 1. The largest absolute Gasteiger partial charge is 0.484 e. The minimum Gasteiger partial charge on any atom is -0.484 e. The van der Waals surface area contributed by atoms with Crippen molar-refractivity contribution in [2.24, 2.45) is 5.92 Å². The zero-order chi connectivity index (χ0) is 26.5. The maximum atomic E-state index is 13.2. The summed E-state index contributed by atoms with van der Waals surface area (Å²) in [5.41, 5.74) is 1.32. The highest BCUT2D eigenvalue weighted by Crippen LogP contribution is 2.29. The number of likely N-dealkylation sites (N-methyl/N-ethyl adjacent to an activating group) is 2. The molecule has 4 rings (SSSR count). The van der Waals surface area contributed by atoms with E-state index in [9.17, 15) is 9.90 Å². The first kappa shape index (κ1) is 27.1. The number of pyridine rings is 1. The van der Waals surface area contributed by atoms with Crippen LogP contribution in [0.1, 0.15) is 19.8 Å². The molecular formula is C26H36ClN7O3. The predicted octanol–water partition coefficient (Wildman–Crippen LogP) is 2.90. The Morgan fingerprint density at radius 1 is 1.32 bits per heavy atom. The van der Waals surface area contributed by atoms with Crippen molar-refractivity contribution in [1.29, 1.82) is 0 Å². The number of anilines is 3. The third-order valence-electron chi connectivity index (χ3n) is 6.50. The van der Waals surface area contributed by atoms with Crippen LogP contribution in [-0.2, 0) is 6.54 Å². The molecular weight excluding hydrogens is 494 g/mol. The number of nitrogens with zero attached hydrogens (tertiary/aromatic N) is 5. The topological polar surface area (TPSA) is 108 Å². The van der Waals surface area contributed by atoms with Gasteiger partial charge in [-0.1, -0.05) is 18.5 Å². The molecule has 1 aliphatic rings. The molecule has 0 spiro atoms. The maximum Gasteiger partial charge on any atom is 0.293 e. The van der Waals surface area contributed by atoms with Gasteiger partial charge in [0.2, 0.25) is 5.95 Å². The van der Waals surface area contributed by atoms with Crippen LogP contribution in [0.15, 0.2) is 35.3 Å². The monoisotopic (exact) mass is 529 g/mol. The first-order valence-corrected chi connectivity index (χ1v) is 13.0. The normalized spacial score (nSPS) is 16.8. The van der Waals surface area contributed by atoms with Crippen molar-refractivity contribution in [2.75, 3.05) is 57.6 Å². The Morgan fingerprint density at radius 3 is 2.86 bits per heavy atom. The van der Waals surface area contributed by atoms with Crippen molar-refractivity contribution in [3.05, 3.63) is 45.8 Å². The molecule has 0 radical (unpaired) electrons. The molecule has 1 aliphatic heterocycles. The molecule has 37 heavy (non-hydrogen) atoms. The van der Waals surface area contributed by atoms with E-state index in [0.29, 0.717) is 35.8 Å². The zero-order valence-corrected chi connectivity index (χ0v) is 22.6. The zero-order valence-electron chi connectivity index (χ0n) is 21.9. The summed E-state index contributed by atoms with van der Waals surface area (Å²) in [5, 5.41) is 17.1. The Bertz CT molecular complexity index is 1280. The van der Waals surface area contributed by atoms with Crippen molar-refractivity contribution in [3.8, 4) is 5.75 Å². The minimum absolute atomic E-state index is 0.0443. The standard InChI is InChI=1S/C26H36ClN7O3/c1-17-6-5-9-33(15-17)26-29-14-20(27)24(31-26)30-19-7-8-21-18(12-19)13-22(37-16-23(35)28-2)25(36)34(21)11-10-32(3)4/h7-8,12-14,17,23,28,35H,5-6,9-11,15-16H2,1-4H3,(H,29,30,31)/t17-,23?/m0/s1. The highest BCUT2D eigenvalue weighted by atomic mass is 35.5. The van der Waals surface area contributed by atoms with Gasteiger partial charge < -0.3 is 29.5 Å². The summed E-state index contributed by atoms with van der Waals surface area (Å²) >= 11 is 6.45. The highest BCUT2D eigenvalue weighted by Gasteiger charge is 2.20. The lowest BCUT2D eigenvalue weighted by atomic mass is 10.0. The molecule has 1 saturated heterocycles. The van der Waals surface area contributed by atoms with Crippen LogP contribution >= 0.6 is 11.6 Å². The number of ether oxygens (including phenoxy) is 1. The van der Waals surface area contributed by atoms with Crippen LogP contribution in [0.5, 0.6) is 5.75 Å². The van der Waals surface area contributed by atoms with Gasteiger partial charge in [-0.05, 0) is 64.2 Å². The second kappa shape index (κ2) is 12.1. The lowest BCUT2D eigenvalue weighted by Crippen LogP contribution is -2.35. The molecule has 0 amide bonds. The van der Waals surface area contributed by atoms with Gasteiger partial charge in [-0.3, -0.25) is 10.1 Å². The second-order valence-electron chi connectivity index (χ2n) is 9.84. The Balaban J connectivity index is 1.66. The smallest absolute Gasteiger partial charge is 0.293 e. The first-order valence-electron chi connectivity index (χ1n) is 12.6. The highest BCUT2D eigenvalue weighted by molar-refractivity contribution is 6.32. The summed E-state index contributed by atoms with van der Waals surface area (Å²) in [5.74, 6) is 1.97. The summed E-state index contributed by atoms with van der Waals surface area (Å²) < 4.78 is 7.39. The molecule has 1 aromatic carbocycles. The minimum atomic E-state index is -0.879. The summed E-state index contributed by atoms with van der Waals surface area (Å²) in [6.45, 7) is 5.23. The van der Waals surface area contributed by atoms with Gasteiger partial charge in [-0.2, -0.15) is 4.98 Å². The fraction of sp³-hybridized carbons (Fsp3) is 0.500. The number of hydrogen-bond acceptors (Lipinski definition) is 9. The number of fused-ring (bicyclic) bond motifs is 1. The van der Waals surface area contributed by atoms with Gasteiger partial charge in [0.15, 0.2) is 11.6 Å². The van der Waals surface area contributed by atoms with Gasteiger partial charge in [0.1, 0.15) is 17.9 Å². The third kappa shape index (κ3) is 6.70. The summed E-state index contributed by atoms with van der Waals surface area (Å²) in [7, 11) is 5.55. The van der Waals surface area contributed by atoms with Crippen molar-refractivity contribution in [1.82, 2.24) is 24.8 Å². The van der Waals surface area contributed by atoms with Gasteiger partial charge in [0.25, 0.3) is 5.56 Å². The van der Waals surface area contributed by atoms with Crippen LogP contribution in [0.3, 0.4) is 0 Å². The average Bonchev–Trinajstić information content (AvgIpc) is 2.88.